The van der Waals surface area contributed by atoms with Gasteiger partial charge in [0.25, 0.3) is 0 Å². The Bertz CT molecular complexity index is 750. The predicted octanol–water partition coefficient (Wildman–Crippen LogP) is 8.84. The van der Waals surface area contributed by atoms with Gasteiger partial charge in [-0.15, -0.1) is 6.58 Å². The molecule has 2 aliphatic carbocycles. The number of ketones is 1. The second-order valence-corrected chi connectivity index (χ2v) is 11.1. The van der Waals surface area contributed by atoms with Crippen molar-refractivity contribution in [3.63, 3.8) is 0 Å². The van der Waals surface area contributed by atoms with Gasteiger partial charge in [0.05, 0.1) is 0 Å². The first-order valence-corrected chi connectivity index (χ1v) is 13.2. The fourth-order valence-electron chi connectivity index (χ4n) is 5.01. The van der Waals surface area contributed by atoms with Crippen LogP contribution in [-0.4, -0.2) is 11.2 Å². The number of carbonyl (C=O) groups is 1. The molecule has 0 aromatic carbocycles. The summed E-state index contributed by atoms with van der Waals surface area (Å²) in [5.74, 6) is 1.69. The third-order valence-electron chi connectivity index (χ3n) is 6.94. The van der Waals surface area contributed by atoms with Crippen molar-refractivity contribution in [3.05, 3.63) is 59.8 Å². The molecule has 2 aliphatic rings. The minimum atomic E-state index is -1.26. The molecule has 0 amide bonds. The molecule has 32 heavy (non-hydrogen) atoms. The molecule has 0 heterocycles. The highest BCUT2D eigenvalue weighted by Gasteiger charge is 2.27. The van der Waals surface area contributed by atoms with E-state index < -0.39 is 5.41 Å². The first kappa shape index (κ1) is 27.0. The standard InChI is InChI=1S/C29H44FOP/c1-5-7-8-11-23(6-2)18-22(3)19-28(31)26-15-10-14-24(20-26)12-9-13-25-16-17-27(21-25)29(4,30)32/h5-7,14,20-23,25H,2,8-13,15-19,32H2,1,3-4H3. The maximum absolute atomic E-state index is 14.1. The minimum absolute atomic E-state index is 0.324. The third-order valence-corrected chi connectivity index (χ3v) is 7.31. The number of carbonyl (C=O) groups excluding carboxylic acids is 1. The molecule has 5 atom stereocenters. The molecule has 0 aromatic heterocycles. The van der Waals surface area contributed by atoms with Crippen molar-refractivity contribution < 1.29 is 9.18 Å². The first-order chi connectivity index (χ1) is 15.2. The summed E-state index contributed by atoms with van der Waals surface area (Å²) in [6.45, 7) is 9.88. The van der Waals surface area contributed by atoms with E-state index in [0.29, 0.717) is 30.0 Å². The normalized spacial score (nSPS) is 22.7. The van der Waals surface area contributed by atoms with Crippen LogP contribution in [0, 0.1) is 17.8 Å². The summed E-state index contributed by atoms with van der Waals surface area (Å²) in [4.78, 5) is 12.9. The molecular formula is C29H44FOP. The van der Waals surface area contributed by atoms with Gasteiger partial charge in [-0.3, -0.25) is 4.79 Å². The molecule has 0 saturated heterocycles. The van der Waals surface area contributed by atoms with E-state index in [2.05, 4.69) is 66.1 Å². The SMILES string of the molecule is C=CC(CCC=CC)CC(C)CC(=O)C1=CC(CCCC2C=C(C(C)(F)P)CC2)=CCC1. The number of allylic oxidation sites excluding steroid dienone is 9. The van der Waals surface area contributed by atoms with Crippen LogP contribution in [0.25, 0.3) is 0 Å². The van der Waals surface area contributed by atoms with E-state index in [0.717, 1.165) is 75.4 Å². The van der Waals surface area contributed by atoms with E-state index in [1.165, 1.54) is 5.57 Å². The van der Waals surface area contributed by atoms with Crippen LogP contribution in [0.3, 0.4) is 0 Å². The Hall–Kier alpha value is -1.27. The number of rotatable bonds is 14. The smallest absolute Gasteiger partial charge is 0.159 e. The van der Waals surface area contributed by atoms with Crippen molar-refractivity contribution in [1.29, 1.82) is 0 Å². The van der Waals surface area contributed by atoms with Gasteiger partial charge in [-0.1, -0.05) is 58.2 Å². The summed E-state index contributed by atoms with van der Waals surface area (Å²) >= 11 is 0. The molecule has 0 saturated carbocycles. The lowest BCUT2D eigenvalue weighted by Crippen LogP contribution is -2.13. The molecule has 1 nitrogen and oxygen atoms in total. The summed E-state index contributed by atoms with van der Waals surface area (Å²) in [5, 5.41) is -1.26. The van der Waals surface area contributed by atoms with E-state index in [1.807, 2.05) is 0 Å². The van der Waals surface area contributed by atoms with Crippen LogP contribution in [0.5, 0.6) is 0 Å². The van der Waals surface area contributed by atoms with E-state index in [-0.39, 0.29) is 0 Å². The molecule has 2 rings (SSSR count). The largest absolute Gasteiger partial charge is 0.295 e. The average molecular weight is 459 g/mol. The Labute approximate surface area is 198 Å². The van der Waals surface area contributed by atoms with Gasteiger partial charge in [-0.2, -0.15) is 0 Å². The molecule has 0 aromatic rings. The van der Waals surface area contributed by atoms with Gasteiger partial charge in [-0.25, -0.2) is 4.39 Å². The number of Topliss-reactive ketones (excluding diaryl/α,β-unsaturated/α-hetero) is 1. The highest BCUT2D eigenvalue weighted by molar-refractivity contribution is 7.19. The zero-order valence-corrected chi connectivity index (χ0v) is 21.7. The van der Waals surface area contributed by atoms with E-state index in [4.69, 9.17) is 0 Å². The highest BCUT2D eigenvalue weighted by Crippen LogP contribution is 2.40. The second-order valence-electron chi connectivity index (χ2n) is 10.1. The molecule has 178 valence electrons. The van der Waals surface area contributed by atoms with Crippen LogP contribution < -0.4 is 0 Å². The molecule has 0 fully saturated rings. The van der Waals surface area contributed by atoms with Gasteiger partial charge in [0.15, 0.2) is 5.78 Å². The Morgan fingerprint density at radius 3 is 2.84 bits per heavy atom. The van der Waals surface area contributed by atoms with E-state index >= 15 is 0 Å². The van der Waals surface area contributed by atoms with Crippen molar-refractivity contribution in [1.82, 2.24) is 0 Å². The van der Waals surface area contributed by atoms with Gasteiger partial charge in [0.1, 0.15) is 5.41 Å². The van der Waals surface area contributed by atoms with Gasteiger partial charge < -0.3 is 0 Å². The Morgan fingerprint density at radius 1 is 1.41 bits per heavy atom. The van der Waals surface area contributed by atoms with Crippen LogP contribution in [0.15, 0.2) is 59.8 Å². The summed E-state index contributed by atoms with van der Waals surface area (Å²) in [6, 6.07) is 0. The maximum Gasteiger partial charge on any atom is 0.159 e. The third kappa shape index (κ3) is 9.30. The summed E-state index contributed by atoms with van der Waals surface area (Å²) in [7, 11) is 2.32. The Morgan fingerprint density at radius 2 is 2.19 bits per heavy atom. The zero-order chi connectivity index (χ0) is 23.6. The number of halogens is 1. The molecule has 0 radical (unpaired) electrons. The van der Waals surface area contributed by atoms with Crippen molar-refractivity contribution in [2.45, 2.75) is 96.8 Å². The van der Waals surface area contributed by atoms with Crippen LogP contribution in [-0.2, 0) is 4.79 Å². The monoisotopic (exact) mass is 458 g/mol. The lowest BCUT2D eigenvalue weighted by atomic mass is 9.85. The highest BCUT2D eigenvalue weighted by atomic mass is 31.0. The van der Waals surface area contributed by atoms with E-state index in [1.54, 1.807) is 6.92 Å². The number of hydrogen-bond donors (Lipinski definition) is 0. The average Bonchev–Trinajstić information content (AvgIpc) is 3.23. The Balaban J connectivity index is 1.78. The quantitative estimate of drug-likeness (QED) is 0.188. The van der Waals surface area contributed by atoms with Crippen LogP contribution in [0.4, 0.5) is 4.39 Å². The molecule has 0 N–H and O–H groups in total. The number of hydrogen-bond acceptors (Lipinski definition) is 1. The molecule has 0 aliphatic heterocycles. The maximum atomic E-state index is 14.1. The molecule has 0 bridgehead atoms. The predicted molar refractivity (Wildman–Crippen MR) is 140 cm³/mol. The Kier molecular flexibility index (Phi) is 11.3. The van der Waals surface area contributed by atoms with Crippen molar-refractivity contribution in [2.24, 2.45) is 17.8 Å². The molecule has 0 spiro atoms. The summed E-state index contributed by atoms with van der Waals surface area (Å²) in [5.41, 5.74) is 3.26. The van der Waals surface area contributed by atoms with Gasteiger partial charge in [0.2, 0.25) is 0 Å². The fourth-order valence-corrected chi connectivity index (χ4v) is 5.25. The van der Waals surface area contributed by atoms with Crippen LogP contribution >= 0.6 is 9.24 Å². The summed E-state index contributed by atoms with van der Waals surface area (Å²) < 4.78 is 14.1. The minimum Gasteiger partial charge on any atom is -0.295 e. The lowest BCUT2D eigenvalue weighted by Gasteiger charge is -2.19. The van der Waals surface area contributed by atoms with Crippen molar-refractivity contribution in [3.8, 4) is 0 Å². The van der Waals surface area contributed by atoms with Gasteiger partial charge in [-0.05, 0) is 107 Å². The molecule has 5 unspecified atom stereocenters. The number of alkyl halides is 1. The molecular weight excluding hydrogens is 414 g/mol. The van der Waals surface area contributed by atoms with Crippen LogP contribution in [0.1, 0.15) is 91.4 Å². The second kappa shape index (κ2) is 13.4. The molecule has 3 heteroatoms. The zero-order valence-electron chi connectivity index (χ0n) is 20.5. The van der Waals surface area contributed by atoms with Gasteiger partial charge in [0, 0.05) is 6.42 Å². The van der Waals surface area contributed by atoms with Crippen molar-refractivity contribution >= 4 is 15.0 Å². The fraction of sp³-hybridized carbons (Fsp3) is 0.621. The van der Waals surface area contributed by atoms with Crippen LogP contribution in [0.2, 0.25) is 0 Å². The summed E-state index contributed by atoms with van der Waals surface area (Å²) in [6.07, 6.45) is 23.9. The topological polar surface area (TPSA) is 17.1 Å². The van der Waals surface area contributed by atoms with Gasteiger partial charge >= 0.3 is 0 Å². The van der Waals surface area contributed by atoms with Crippen molar-refractivity contribution in [2.75, 3.05) is 0 Å². The lowest BCUT2D eigenvalue weighted by molar-refractivity contribution is -0.116. The van der Waals surface area contributed by atoms with E-state index in [9.17, 15) is 9.18 Å². The first-order valence-electron chi connectivity index (χ1n) is 12.6.